The highest BCUT2D eigenvalue weighted by atomic mass is 127. The van der Waals surface area contributed by atoms with Crippen LogP contribution in [0.15, 0.2) is 35.3 Å². The minimum absolute atomic E-state index is 0. The molecular weight excluding hydrogens is 431 g/mol. The van der Waals surface area contributed by atoms with Gasteiger partial charge < -0.3 is 15.4 Å². The molecule has 1 fully saturated rings. The molecule has 1 aromatic rings. The van der Waals surface area contributed by atoms with Crippen molar-refractivity contribution >= 4 is 35.9 Å². The van der Waals surface area contributed by atoms with Gasteiger partial charge in [0.2, 0.25) is 0 Å². The predicted octanol–water partition coefficient (Wildman–Crippen LogP) is 2.00. The molecule has 0 radical (unpaired) electrons. The number of benzene rings is 1. The third kappa shape index (κ3) is 8.04. The number of methoxy groups -OCH3 is 1. The fourth-order valence-electron chi connectivity index (χ4n) is 2.85. The lowest BCUT2D eigenvalue weighted by Crippen LogP contribution is -2.48. The van der Waals surface area contributed by atoms with Crippen molar-refractivity contribution in [3.8, 4) is 0 Å². The topological polar surface area (TPSA) is 66.0 Å². The predicted molar refractivity (Wildman–Crippen MR) is 111 cm³/mol. The number of piperidine rings is 1. The van der Waals surface area contributed by atoms with Crippen LogP contribution in [-0.2, 0) is 16.1 Å². The number of rotatable bonds is 6. The molecule has 0 atom stereocenters. The Morgan fingerprint density at radius 3 is 2.56 bits per heavy atom. The number of carbonyl (C=O) groups excluding carboxylic acids is 1. The summed E-state index contributed by atoms with van der Waals surface area (Å²) in [6.07, 6.45) is 2.52. The number of hydrogen-bond donors (Lipinski definition) is 2. The van der Waals surface area contributed by atoms with Crippen molar-refractivity contribution in [2.75, 3.05) is 33.8 Å². The lowest BCUT2D eigenvalue weighted by Gasteiger charge is -2.33. The van der Waals surface area contributed by atoms with Crippen LogP contribution in [0, 0.1) is 0 Å². The molecule has 1 aliphatic rings. The smallest absolute Gasteiger partial charge is 0.307 e. The third-order valence-corrected chi connectivity index (χ3v) is 4.25. The number of likely N-dealkylation sites (tertiary alicyclic amines) is 1. The number of hydrogen-bond acceptors (Lipinski definition) is 4. The van der Waals surface area contributed by atoms with E-state index in [-0.39, 0.29) is 29.9 Å². The van der Waals surface area contributed by atoms with Crippen LogP contribution >= 0.6 is 24.0 Å². The molecule has 1 aliphatic heterocycles. The van der Waals surface area contributed by atoms with Crippen molar-refractivity contribution in [3.63, 3.8) is 0 Å². The van der Waals surface area contributed by atoms with Crippen LogP contribution in [0.2, 0.25) is 0 Å². The van der Waals surface area contributed by atoms with Crippen molar-refractivity contribution in [2.24, 2.45) is 4.99 Å². The summed E-state index contributed by atoms with van der Waals surface area (Å²) >= 11 is 0. The Bertz CT molecular complexity index is 531. The summed E-state index contributed by atoms with van der Waals surface area (Å²) in [5, 5.41) is 6.60. The second kappa shape index (κ2) is 12.1. The van der Waals surface area contributed by atoms with Gasteiger partial charge in [-0.15, -0.1) is 24.0 Å². The summed E-state index contributed by atoms with van der Waals surface area (Å²) < 4.78 is 4.63. The molecule has 140 valence electrons. The molecule has 7 heteroatoms. The summed E-state index contributed by atoms with van der Waals surface area (Å²) in [6, 6.07) is 11.0. The van der Waals surface area contributed by atoms with E-state index in [1.807, 2.05) is 0 Å². The van der Waals surface area contributed by atoms with Gasteiger partial charge in [0, 0.05) is 39.3 Å². The summed E-state index contributed by atoms with van der Waals surface area (Å²) in [4.78, 5) is 17.8. The van der Waals surface area contributed by atoms with Crippen molar-refractivity contribution in [1.82, 2.24) is 15.5 Å². The molecule has 1 heterocycles. The van der Waals surface area contributed by atoms with Gasteiger partial charge in [0.25, 0.3) is 0 Å². The Morgan fingerprint density at radius 1 is 1.28 bits per heavy atom. The first kappa shape index (κ1) is 21.7. The second-order valence-corrected chi connectivity index (χ2v) is 6.01. The van der Waals surface area contributed by atoms with Crippen molar-refractivity contribution in [3.05, 3.63) is 35.9 Å². The third-order valence-electron chi connectivity index (χ3n) is 4.25. The van der Waals surface area contributed by atoms with E-state index in [1.165, 1.54) is 12.7 Å². The van der Waals surface area contributed by atoms with Crippen LogP contribution < -0.4 is 10.6 Å². The quantitative estimate of drug-likeness (QED) is 0.294. The van der Waals surface area contributed by atoms with E-state index < -0.39 is 0 Å². The van der Waals surface area contributed by atoms with Crippen LogP contribution in [0.25, 0.3) is 0 Å². The van der Waals surface area contributed by atoms with Crippen molar-refractivity contribution < 1.29 is 9.53 Å². The fourth-order valence-corrected chi connectivity index (χ4v) is 2.85. The average Bonchev–Trinajstić information content (AvgIpc) is 2.63. The SMILES string of the molecule is CN=C(NCCC(=O)OC)NC1CCN(Cc2ccccc2)CC1.I. The normalized spacial score (nSPS) is 16.0. The van der Waals surface area contributed by atoms with Gasteiger partial charge in [-0.05, 0) is 18.4 Å². The van der Waals surface area contributed by atoms with E-state index in [9.17, 15) is 4.79 Å². The summed E-state index contributed by atoms with van der Waals surface area (Å²) in [6.45, 7) is 3.69. The summed E-state index contributed by atoms with van der Waals surface area (Å²) in [5.41, 5.74) is 1.36. The Morgan fingerprint density at radius 2 is 1.96 bits per heavy atom. The van der Waals surface area contributed by atoms with Gasteiger partial charge in [0.15, 0.2) is 5.96 Å². The largest absolute Gasteiger partial charge is 0.469 e. The van der Waals surface area contributed by atoms with Gasteiger partial charge in [0.1, 0.15) is 0 Å². The van der Waals surface area contributed by atoms with Crippen LogP contribution in [0.5, 0.6) is 0 Å². The number of guanidine groups is 1. The summed E-state index contributed by atoms with van der Waals surface area (Å²) in [5.74, 6) is 0.535. The van der Waals surface area contributed by atoms with Crippen LogP contribution in [0.1, 0.15) is 24.8 Å². The fraction of sp³-hybridized carbons (Fsp3) is 0.556. The van der Waals surface area contributed by atoms with E-state index in [2.05, 4.69) is 55.6 Å². The second-order valence-electron chi connectivity index (χ2n) is 6.01. The number of esters is 1. The van der Waals surface area contributed by atoms with E-state index in [4.69, 9.17) is 0 Å². The average molecular weight is 460 g/mol. The zero-order valence-electron chi connectivity index (χ0n) is 15.0. The molecule has 0 bridgehead atoms. The minimum atomic E-state index is -0.216. The van der Waals surface area contributed by atoms with Crippen LogP contribution in [0.3, 0.4) is 0 Å². The molecule has 6 nitrogen and oxygen atoms in total. The van der Waals surface area contributed by atoms with Gasteiger partial charge in [-0.25, -0.2) is 0 Å². The molecule has 1 saturated heterocycles. The van der Waals surface area contributed by atoms with E-state index in [1.54, 1.807) is 7.05 Å². The molecular formula is C18H29IN4O2. The van der Waals surface area contributed by atoms with E-state index in [0.717, 1.165) is 38.4 Å². The first-order chi connectivity index (χ1) is 11.7. The Balaban J connectivity index is 0.00000312. The monoisotopic (exact) mass is 460 g/mol. The molecule has 2 N–H and O–H groups in total. The Hall–Kier alpha value is -1.35. The lowest BCUT2D eigenvalue weighted by molar-refractivity contribution is -0.140. The zero-order chi connectivity index (χ0) is 17.2. The molecule has 1 aromatic carbocycles. The Kier molecular flexibility index (Phi) is 10.5. The van der Waals surface area contributed by atoms with Crippen molar-refractivity contribution in [1.29, 1.82) is 0 Å². The van der Waals surface area contributed by atoms with E-state index >= 15 is 0 Å². The van der Waals surface area contributed by atoms with Crippen LogP contribution in [0.4, 0.5) is 0 Å². The number of nitrogens with zero attached hydrogens (tertiary/aromatic N) is 2. The maximum atomic E-state index is 11.1. The highest BCUT2D eigenvalue weighted by Gasteiger charge is 2.20. The minimum Gasteiger partial charge on any atom is -0.469 e. The maximum absolute atomic E-state index is 11.1. The number of halogens is 1. The molecule has 25 heavy (non-hydrogen) atoms. The lowest BCUT2D eigenvalue weighted by atomic mass is 10.0. The standard InChI is InChI=1S/C18H28N4O2.HI/c1-19-18(20-11-8-17(23)24-2)21-16-9-12-22(13-10-16)14-15-6-4-3-5-7-15;/h3-7,16H,8-14H2,1-2H3,(H2,19,20,21);1H. The molecule has 0 spiro atoms. The number of carbonyl (C=O) groups is 1. The van der Waals surface area contributed by atoms with E-state index in [0.29, 0.717) is 19.0 Å². The number of aliphatic imine (C=N–C) groups is 1. The molecule has 2 rings (SSSR count). The molecule has 0 aromatic heterocycles. The van der Waals surface area contributed by atoms with Crippen LogP contribution in [-0.4, -0.2) is 56.7 Å². The highest BCUT2D eigenvalue weighted by Crippen LogP contribution is 2.13. The Labute approximate surface area is 167 Å². The first-order valence-electron chi connectivity index (χ1n) is 8.51. The van der Waals surface area contributed by atoms with Gasteiger partial charge >= 0.3 is 5.97 Å². The van der Waals surface area contributed by atoms with Crippen molar-refractivity contribution in [2.45, 2.75) is 31.8 Å². The van der Waals surface area contributed by atoms with Gasteiger partial charge in [-0.1, -0.05) is 30.3 Å². The van der Waals surface area contributed by atoms with Gasteiger partial charge in [0.05, 0.1) is 13.5 Å². The highest BCUT2D eigenvalue weighted by molar-refractivity contribution is 14.0. The number of ether oxygens (including phenoxy) is 1. The molecule has 0 aliphatic carbocycles. The molecule has 0 saturated carbocycles. The zero-order valence-corrected chi connectivity index (χ0v) is 17.4. The summed E-state index contributed by atoms with van der Waals surface area (Å²) in [7, 11) is 3.15. The molecule has 0 unspecified atom stereocenters. The van der Waals surface area contributed by atoms with Gasteiger partial charge in [-0.3, -0.25) is 14.7 Å². The number of nitrogens with one attached hydrogen (secondary N) is 2. The maximum Gasteiger partial charge on any atom is 0.307 e. The van der Waals surface area contributed by atoms with Gasteiger partial charge in [-0.2, -0.15) is 0 Å². The molecule has 0 amide bonds. The first-order valence-corrected chi connectivity index (χ1v) is 8.51.